The van der Waals surface area contributed by atoms with E-state index in [2.05, 4.69) is 17.0 Å². The number of ether oxygens (including phenoxy) is 1. The number of piperidine rings is 1. The van der Waals surface area contributed by atoms with E-state index in [1.165, 1.54) is 5.56 Å². The Balaban J connectivity index is 1.62. The molecule has 0 spiro atoms. The Bertz CT molecular complexity index is 817. The lowest BCUT2D eigenvalue weighted by Crippen LogP contribution is -2.50. The molecule has 0 aliphatic carbocycles. The first kappa shape index (κ1) is 23.0. The van der Waals surface area contributed by atoms with Gasteiger partial charge in [0.1, 0.15) is 6.61 Å². The van der Waals surface area contributed by atoms with E-state index in [0.29, 0.717) is 30.8 Å². The number of halogens is 3. The van der Waals surface area contributed by atoms with Gasteiger partial charge < -0.3 is 9.64 Å². The first-order chi connectivity index (χ1) is 14.2. The lowest BCUT2D eigenvalue weighted by Gasteiger charge is -2.41. The molecule has 30 heavy (non-hydrogen) atoms. The van der Waals surface area contributed by atoms with Gasteiger partial charge in [-0.1, -0.05) is 48.0 Å². The molecule has 1 fully saturated rings. The molecule has 3 rings (SSSR count). The summed E-state index contributed by atoms with van der Waals surface area (Å²) in [7, 11) is -1.41. The zero-order valence-electron chi connectivity index (χ0n) is 17.2. The standard InChI is InChI=1S/C23H28F3NO2S/c1-19-7-9-21(10-8-19)30(28)18-22(29-17-23(24,25)26)12-15-27(16-13-22)14-11-20-5-3-2-4-6-20/h2-10H,11-18H2,1H3. The number of likely N-dealkylation sites (tertiary alicyclic amines) is 1. The summed E-state index contributed by atoms with van der Waals surface area (Å²) in [6.07, 6.45) is -2.62. The molecular weight excluding hydrogens is 411 g/mol. The molecule has 0 saturated carbocycles. The van der Waals surface area contributed by atoms with Gasteiger partial charge in [-0.15, -0.1) is 0 Å². The van der Waals surface area contributed by atoms with Crippen molar-refractivity contribution in [2.75, 3.05) is 32.0 Å². The third-order valence-electron chi connectivity index (χ3n) is 5.55. The van der Waals surface area contributed by atoms with Crippen molar-refractivity contribution in [2.24, 2.45) is 0 Å². The fourth-order valence-corrected chi connectivity index (χ4v) is 5.15. The van der Waals surface area contributed by atoms with E-state index in [0.717, 1.165) is 18.5 Å². The maximum atomic E-state index is 12.9. The lowest BCUT2D eigenvalue weighted by molar-refractivity contribution is -0.208. The molecule has 3 nitrogen and oxygen atoms in total. The van der Waals surface area contributed by atoms with E-state index in [9.17, 15) is 17.4 Å². The predicted octanol–water partition coefficient (Wildman–Crippen LogP) is 4.76. The number of benzene rings is 2. The van der Waals surface area contributed by atoms with Gasteiger partial charge in [-0.25, -0.2) is 0 Å². The van der Waals surface area contributed by atoms with Crippen molar-refractivity contribution in [3.8, 4) is 0 Å². The molecular formula is C23H28F3NO2S. The fourth-order valence-electron chi connectivity index (χ4n) is 3.69. The van der Waals surface area contributed by atoms with Crippen molar-refractivity contribution in [1.82, 2.24) is 4.90 Å². The molecule has 1 unspecified atom stereocenters. The SMILES string of the molecule is Cc1ccc(S(=O)CC2(OCC(F)(F)F)CCN(CCc3ccccc3)CC2)cc1. The van der Waals surface area contributed by atoms with Crippen molar-refractivity contribution in [3.05, 3.63) is 65.7 Å². The molecule has 2 aromatic rings. The van der Waals surface area contributed by atoms with Crippen LogP contribution in [-0.4, -0.2) is 52.9 Å². The second kappa shape index (κ2) is 10.1. The number of aryl methyl sites for hydroxylation is 1. The molecule has 0 amide bonds. The van der Waals surface area contributed by atoms with Crippen LogP contribution >= 0.6 is 0 Å². The summed E-state index contributed by atoms with van der Waals surface area (Å²) in [4.78, 5) is 2.87. The maximum Gasteiger partial charge on any atom is 0.411 e. The number of rotatable bonds is 8. The molecule has 1 aliphatic heterocycles. The quantitative estimate of drug-likeness (QED) is 0.594. The first-order valence-corrected chi connectivity index (χ1v) is 11.5. The van der Waals surface area contributed by atoms with Crippen LogP contribution in [0.15, 0.2) is 59.5 Å². The summed E-state index contributed by atoms with van der Waals surface area (Å²) in [5.41, 5.74) is 1.27. The first-order valence-electron chi connectivity index (χ1n) is 10.2. The highest BCUT2D eigenvalue weighted by Crippen LogP contribution is 2.31. The van der Waals surface area contributed by atoms with Crippen LogP contribution in [0.5, 0.6) is 0 Å². The highest BCUT2D eigenvalue weighted by atomic mass is 32.2. The van der Waals surface area contributed by atoms with E-state index in [1.807, 2.05) is 37.3 Å². The Morgan fingerprint density at radius 2 is 1.67 bits per heavy atom. The molecule has 1 heterocycles. The highest BCUT2D eigenvalue weighted by molar-refractivity contribution is 7.85. The Labute approximate surface area is 178 Å². The second-order valence-corrected chi connectivity index (χ2v) is 9.42. The van der Waals surface area contributed by atoms with E-state index in [-0.39, 0.29) is 5.75 Å². The zero-order valence-corrected chi connectivity index (χ0v) is 18.0. The topological polar surface area (TPSA) is 29.5 Å². The molecule has 1 aliphatic rings. The molecule has 164 valence electrons. The van der Waals surface area contributed by atoms with E-state index in [4.69, 9.17) is 4.74 Å². The number of hydrogen-bond donors (Lipinski definition) is 0. The lowest BCUT2D eigenvalue weighted by atomic mass is 9.92. The van der Waals surface area contributed by atoms with E-state index < -0.39 is 29.2 Å². The third-order valence-corrected chi connectivity index (χ3v) is 7.13. The van der Waals surface area contributed by atoms with Crippen LogP contribution in [-0.2, 0) is 22.0 Å². The second-order valence-electron chi connectivity index (χ2n) is 7.97. The van der Waals surface area contributed by atoms with Crippen molar-refractivity contribution >= 4 is 10.8 Å². The Kier molecular flexibility index (Phi) is 7.71. The van der Waals surface area contributed by atoms with Gasteiger partial charge in [0, 0.05) is 24.5 Å². The summed E-state index contributed by atoms with van der Waals surface area (Å²) < 4.78 is 56.9. The van der Waals surface area contributed by atoms with E-state index in [1.54, 1.807) is 12.1 Å². The largest absolute Gasteiger partial charge is 0.411 e. The molecule has 0 bridgehead atoms. The average Bonchev–Trinajstić information content (AvgIpc) is 2.73. The number of alkyl halides is 3. The molecule has 1 atom stereocenters. The van der Waals surface area contributed by atoms with Crippen LogP contribution in [0.1, 0.15) is 24.0 Å². The summed E-state index contributed by atoms with van der Waals surface area (Å²) >= 11 is 0. The number of nitrogens with zero attached hydrogens (tertiary/aromatic N) is 1. The van der Waals surface area contributed by atoms with Gasteiger partial charge in [0.05, 0.1) is 22.2 Å². The molecule has 0 N–H and O–H groups in total. The minimum atomic E-state index is -4.40. The van der Waals surface area contributed by atoms with Gasteiger partial charge in [0.15, 0.2) is 0 Å². The van der Waals surface area contributed by atoms with Crippen LogP contribution in [0, 0.1) is 6.92 Å². The normalized spacial score (nSPS) is 18.3. The third kappa shape index (κ3) is 6.93. The summed E-state index contributed by atoms with van der Waals surface area (Å²) in [5, 5.41) is 0. The minimum Gasteiger partial charge on any atom is -0.365 e. The van der Waals surface area contributed by atoms with Crippen molar-refractivity contribution in [2.45, 2.75) is 42.9 Å². The fraction of sp³-hybridized carbons (Fsp3) is 0.478. The van der Waals surface area contributed by atoms with Crippen LogP contribution in [0.25, 0.3) is 0 Å². The monoisotopic (exact) mass is 439 g/mol. The van der Waals surface area contributed by atoms with Gasteiger partial charge >= 0.3 is 6.18 Å². The Morgan fingerprint density at radius 3 is 2.27 bits per heavy atom. The van der Waals surface area contributed by atoms with Gasteiger partial charge in [-0.05, 0) is 43.9 Å². The van der Waals surface area contributed by atoms with Crippen LogP contribution in [0.4, 0.5) is 13.2 Å². The molecule has 1 saturated heterocycles. The van der Waals surface area contributed by atoms with Crippen molar-refractivity contribution < 1.29 is 22.1 Å². The van der Waals surface area contributed by atoms with Gasteiger partial charge in [0.2, 0.25) is 0 Å². The van der Waals surface area contributed by atoms with Gasteiger partial charge in [0.25, 0.3) is 0 Å². The smallest absolute Gasteiger partial charge is 0.365 e. The summed E-state index contributed by atoms with van der Waals surface area (Å²) in [6, 6.07) is 17.4. The van der Waals surface area contributed by atoms with Crippen molar-refractivity contribution in [3.63, 3.8) is 0 Å². The van der Waals surface area contributed by atoms with Gasteiger partial charge in [-0.2, -0.15) is 13.2 Å². The van der Waals surface area contributed by atoms with Crippen molar-refractivity contribution in [1.29, 1.82) is 0 Å². The maximum absolute atomic E-state index is 12.9. The average molecular weight is 440 g/mol. The molecule has 7 heteroatoms. The molecule has 2 aromatic carbocycles. The molecule has 0 aromatic heterocycles. The van der Waals surface area contributed by atoms with Crippen LogP contribution in [0.2, 0.25) is 0 Å². The Morgan fingerprint density at radius 1 is 1.03 bits per heavy atom. The Hall–Kier alpha value is -1.70. The molecule has 0 radical (unpaired) electrons. The van der Waals surface area contributed by atoms with E-state index >= 15 is 0 Å². The summed E-state index contributed by atoms with van der Waals surface area (Å²) in [5.74, 6) is 0.0820. The van der Waals surface area contributed by atoms with Crippen LogP contribution < -0.4 is 0 Å². The van der Waals surface area contributed by atoms with Gasteiger partial charge in [-0.3, -0.25) is 4.21 Å². The predicted molar refractivity (Wildman–Crippen MR) is 113 cm³/mol. The zero-order chi connectivity index (χ0) is 21.6. The highest BCUT2D eigenvalue weighted by Gasteiger charge is 2.41. The minimum absolute atomic E-state index is 0.0820. The summed E-state index contributed by atoms with van der Waals surface area (Å²) in [6.45, 7) is 2.75. The number of hydrogen-bond acceptors (Lipinski definition) is 3. The van der Waals surface area contributed by atoms with Crippen LogP contribution in [0.3, 0.4) is 0 Å².